The quantitative estimate of drug-likeness (QED) is 0.737. The maximum atomic E-state index is 6.01. The van der Waals surface area contributed by atoms with Crippen LogP contribution in [0.15, 0.2) is 22.7 Å². The standard InChI is InChI=1S/C11H13BrClN.ClH/c12-9-6-10(13)8-11(7-9)14-4-2-1-3-5-14;/h6-8H,1-5H2;1H. The fraction of sp³-hybridized carbons (Fsp3) is 0.455. The highest BCUT2D eigenvalue weighted by Crippen LogP contribution is 2.27. The minimum Gasteiger partial charge on any atom is -0.371 e. The third-order valence-electron chi connectivity index (χ3n) is 2.57. The molecule has 0 atom stereocenters. The fourth-order valence-electron chi connectivity index (χ4n) is 1.87. The smallest absolute Gasteiger partial charge is 0.0437 e. The SMILES string of the molecule is Cl.Clc1cc(Br)cc(N2CCCCC2)c1. The Morgan fingerprint density at radius 1 is 1.07 bits per heavy atom. The minimum atomic E-state index is 0. The lowest BCUT2D eigenvalue weighted by Crippen LogP contribution is -2.29. The second-order valence-corrected chi connectivity index (χ2v) is 5.03. The van der Waals surface area contributed by atoms with Crippen molar-refractivity contribution < 1.29 is 0 Å². The van der Waals surface area contributed by atoms with E-state index in [0.717, 1.165) is 22.6 Å². The monoisotopic (exact) mass is 309 g/mol. The molecule has 0 saturated carbocycles. The molecule has 0 amide bonds. The third-order valence-corrected chi connectivity index (χ3v) is 3.24. The maximum absolute atomic E-state index is 6.01. The van der Waals surface area contributed by atoms with Crippen molar-refractivity contribution in [3.05, 3.63) is 27.7 Å². The van der Waals surface area contributed by atoms with Gasteiger partial charge in [0.05, 0.1) is 0 Å². The number of benzene rings is 1. The van der Waals surface area contributed by atoms with Crippen molar-refractivity contribution in [2.45, 2.75) is 19.3 Å². The van der Waals surface area contributed by atoms with Gasteiger partial charge in [-0.25, -0.2) is 0 Å². The lowest BCUT2D eigenvalue weighted by atomic mass is 10.1. The van der Waals surface area contributed by atoms with E-state index >= 15 is 0 Å². The van der Waals surface area contributed by atoms with Crippen molar-refractivity contribution in [1.29, 1.82) is 0 Å². The Hall–Kier alpha value is 0.0800. The number of anilines is 1. The van der Waals surface area contributed by atoms with Crippen molar-refractivity contribution in [2.75, 3.05) is 18.0 Å². The highest BCUT2D eigenvalue weighted by molar-refractivity contribution is 9.10. The first-order chi connectivity index (χ1) is 6.75. The lowest BCUT2D eigenvalue weighted by molar-refractivity contribution is 0.578. The van der Waals surface area contributed by atoms with Gasteiger partial charge in [-0.15, -0.1) is 12.4 Å². The van der Waals surface area contributed by atoms with Gasteiger partial charge in [0.2, 0.25) is 0 Å². The lowest BCUT2D eigenvalue weighted by Gasteiger charge is -2.29. The highest BCUT2D eigenvalue weighted by atomic mass is 79.9. The summed E-state index contributed by atoms with van der Waals surface area (Å²) in [6, 6.07) is 6.10. The van der Waals surface area contributed by atoms with Gasteiger partial charge in [-0.3, -0.25) is 0 Å². The Labute approximate surface area is 110 Å². The third kappa shape index (κ3) is 3.54. The van der Waals surface area contributed by atoms with Crippen LogP contribution in [-0.4, -0.2) is 13.1 Å². The van der Waals surface area contributed by atoms with Crippen LogP contribution >= 0.6 is 39.9 Å². The topological polar surface area (TPSA) is 3.24 Å². The van der Waals surface area contributed by atoms with Gasteiger partial charge in [0.1, 0.15) is 0 Å². The van der Waals surface area contributed by atoms with E-state index < -0.39 is 0 Å². The number of hydrogen-bond donors (Lipinski definition) is 0. The van der Waals surface area contributed by atoms with Crippen molar-refractivity contribution in [2.24, 2.45) is 0 Å². The number of hydrogen-bond acceptors (Lipinski definition) is 1. The zero-order valence-corrected chi connectivity index (χ0v) is 11.5. The molecule has 0 aliphatic carbocycles. The molecule has 2 rings (SSSR count). The van der Waals surface area contributed by atoms with Gasteiger partial charge in [0.15, 0.2) is 0 Å². The van der Waals surface area contributed by atoms with Crippen molar-refractivity contribution in [3.63, 3.8) is 0 Å². The molecular formula is C11H14BrCl2N. The summed E-state index contributed by atoms with van der Waals surface area (Å²) >= 11 is 9.48. The summed E-state index contributed by atoms with van der Waals surface area (Å²) < 4.78 is 1.06. The highest BCUT2D eigenvalue weighted by Gasteiger charge is 2.11. The molecule has 1 aliphatic rings. The zero-order chi connectivity index (χ0) is 9.97. The molecule has 1 aromatic carbocycles. The number of rotatable bonds is 1. The van der Waals surface area contributed by atoms with E-state index in [1.165, 1.54) is 24.9 Å². The van der Waals surface area contributed by atoms with E-state index in [1.807, 2.05) is 12.1 Å². The van der Waals surface area contributed by atoms with Crippen LogP contribution in [0.2, 0.25) is 5.02 Å². The Morgan fingerprint density at radius 3 is 2.33 bits per heavy atom. The first kappa shape index (κ1) is 13.1. The fourth-order valence-corrected chi connectivity index (χ4v) is 2.72. The van der Waals surface area contributed by atoms with Gasteiger partial charge in [-0.1, -0.05) is 27.5 Å². The van der Waals surface area contributed by atoms with Crippen LogP contribution in [0.1, 0.15) is 19.3 Å². The predicted molar refractivity (Wildman–Crippen MR) is 72.5 cm³/mol. The van der Waals surface area contributed by atoms with Crippen LogP contribution in [0.25, 0.3) is 0 Å². The molecule has 4 heteroatoms. The molecule has 1 nitrogen and oxygen atoms in total. The second-order valence-electron chi connectivity index (χ2n) is 3.68. The van der Waals surface area contributed by atoms with Crippen molar-refractivity contribution >= 4 is 45.6 Å². The molecule has 1 heterocycles. The first-order valence-electron chi connectivity index (χ1n) is 4.97. The molecule has 84 valence electrons. The Bertz CT molecular complexity index is 304. The average Bonchev–Trinajstić information content (AvgIpc) is 2.18. The molecule has 0 N–H and O–H groups in total. The second kappa shape index (κ2) is 5.97. The van der Waals surface area contributed by atoms with Gasteiger partial charge in [-0.2, -0.15) is 0 Å². The van der Waals surface area contributed by atoms with Crippen molar-refractivity contribution in [1.82, 2.24) is 0 Å². The van der Waals surface area contributed by atoms with Crippen LogP contribution in [0, 0.1) is 0 Å². The molecule has 1 saturated heterocycles. The Balaban J connectivity index is 0.00000112. The molecule has 0 radical (unpaired) electrons. The summed E-state index contributed by atoms with van der Waals surface area (Å²) in [7, 11) is 0. The Morgan fingerprint density at radius 2 is 1.73 bits per heavy atom. The molecule has 0 bridgehead atoms. The molecular weight excluding hydrogens is 297 g/mol. The van der Waals surface area contributed by atoms with Crippen LogP contribution in [0.5, 0.6) is 0 Å². The van der Waals surface area contributed by atoms with E-state index in [4.69, 9.17) is 11.6 Å². The van der Waals surface area contributed by atoms with Crippen molar-refractivity contribution in [3.8, 4) is 0 Å². The maximum Gasteiger partial charge on any atom is 0.0437 e. The largest absolute Gasteiger partial charge is 0.371 e. The van der Waals surface area contributed by atoms with Crippen LogP contribution in [0.3, 0.4) is 0 Å². The van der Waals surface area contributed by atoms with Gasteiger partial charge in [0, 0.05) is 28.3 Å². The zero-order valence-electron chi connectivity index (χ0n) is 8.38. The van der Waals surface area contributed by atoms with E-state index in [1.54, 1.807) is 0 Å². The van der Waals surface area contributed by atoms with Crippen LogP contribution in [0.4, 0.5) is 5.69 Å². The molecule has 1 aliphatic heterocycles. The minimum absolute atomic E-state index is 0. The Kier molecular flexibility index (Phi) is 5.24. The van der Waals surface area contributed by atoms with E-state index in [2.05, 4.69) is 26.9 Å². The molecule has 0 unspecified atom stereocenters. The summed E-state index contributed by atoms with van der Waals surface area (Å²) in [4.78, 5) is 2.40. The van der Waals surface area contributed by atoms with E-state index in [0.29, 0.717) is 0 Å². The van der Waals surface area contributed by atoms with Gasteiger partial charge < -0.3 is 4.90 Å². The van der Waals surface area contributed by atoms with E-state index in [9.17, 15) is 0 Å². The predicted octanol–water partition coefficient (Wildman–Crippen LogP) is 4.51. The van der Waals surface area contributed by atoms with Gasteiger partial charge in [0.25, 0.3) is 0 Å². The van der Waals surface area contributed by atoms with E-state index in [-0.39, 0.29) is 12.4 Å². The first-order valence-corrected chi connectivity index (χ1v) is 6.14. The van der Waals surface area contributed by atoms with Gasteiger partial charge >= 0.3 is 0 Å². The average molecular weight is 311 g/mol. The normalized spacial score (nSPS) is 16.0. The summed E-state index contributed by atoms with van der Waals surface area (Å²) in [5.41, 5.74) is 1.24. The van der Waals surface area contributed by atoms with Crippen LogP contribution in [-0.2, 0) is 0 Å². The molecule has 15 heavy (non-hydrogen) atoms. The van der Waals surface area contributed by atoms with Gasteiger partial charge in [-0.05, 0) is 37.5 Å². The molecule has 0 aromatic heterocycles. The number of nitrogens with zero attached hydrogens (tertiary/aromatic N) is 1. The number of piperidine rings is 1. The number of halogens is 3. The summed E-state index contributed by atoms with van der Waals surface area (Å²) in [6.07, 6.45) is 3.95. The molecule has 1 fully saturated rings. The molecule has 0 spiro atoms. The summed E-state index contributed by atoms with van der Waals surface area (Å²) in [5, 5.41) is 0.806. The molecule has 1 aromatic rings. The summed E-state index contributed by atoms with van der Waals surface area (Å²) in [5.74, 6) is 0. The van der Waals surface area contributed by atoms with Crippen LogP contribution < -0.4 is 4.90 Å². The summed E-state index contributed by atoms with van der Waals surface area (Å²) in [6.45, 7) is 2.32.